The molecule has 0 spiro atoms. The van der Waals surface area contributed by atoms with E-state index in [1.165, 1.54) is 18.4 Å². The van der Waals surface area contributed by atoms with Crippen molar-refractivity contribution in [1.29, 1.82) is 0 Å². The highest BCUT2D eigenvalue weighted by Crippen LogP contribution is 2.13. The molecule has 136 valence electrons. The number of aliphatic imine (C=N–C) groups is 1. The number of nitrogens with zero attached hydrogens (tertiary/aromatic N) is 2. The molecule has 1 aromatic carbocycles. The van der Waals surface area contributed by atoms with Gasteiger partial charge in [0.25, 0.3) is 0 Å². The van der Waals surface area contributed by atoms with E-state index in [0.29, 0.717) is 12.5 Å². The minimum absolute atomic E-state index is 0.287. The second-order valence-electron chi connectivity index (χ2n) is 5.33. The Hall–Kier alpha value is -1.64. The van der Waals surface area contributed by atoms with Crippen LogP contribution < -0.4 is 10.6 Å². The molecule has 0 aliphatic rings. The van der Waals surface area contributed by atoms with Gasteiger partial charge in [0.1, 0.15) is 0 Å². The maximum Gasteiger partial charge on any atom is 0.242 e. The van der Waals surface area contributed by atoms with Crippen LogP contribution in [-0.4, -0.2) is 59.6 Å². The predicted octanol–water partition coefficient (Wildman–Crippen LogP) is 1.03. The maximum absolute atomic E-state index is 12.0. The van der Waals surface area contributed by atoms with Crippen molar-refractivity contribution >= 4 is 16.0 Å². The summed E-state index contributed by atoms with van der Waals surface area (Å²) in [5, 5.41) is 6.40. The van der Waals surface area contributed by atoms with Crippen molar-refractivity contribution in [2.75, 3.05) is 40.9 Å². The lowest BCUT2D eigenvalue weighted by molar-refractivity contribution is 0.145. The molecule has 0 radical (unpaired) electrons. The first-order chi connectivity index (χ1) is 11.4. The van der Waals surface area contributed by atoms with Gasteiger partial charge in [0.05, 0.1) is 4.90 Å². The molecule has 1 aromatic rings. The summed E-state index contributed by atoms with van der Waals surface area (Å²) in [6.07, 6.45) is 0.908. The maximum atomic E-state index is 12.0. The van der Waals surface area contributed by atoms with Crippen LogP contribution in [-0.2, 0) is 21.3 Å². The fourth-order valence-electron chi connectivity index (χ4n) is 1.92. The van der Waals surface area contributed by atoms with Crippen molar-refractivity contribution in [1.82, 2.24) is 14.9 Å². The standard InChI is InChI=1S/C16H28N4O3S/c1-5-23-12-6-11-18-16(17-2)19-13-14-7-9-15(10-8-14)24(21,22)20(3)4/h7-10H,5-6,11-13H2,1-4H3,(H2,17,18,19). The Bertz CT molecular complexity index is 613. The molecule has 0 fully saturated rings. The Morgan fingerprint density at radius 3 is 2.42 bits per heavy atom. The van der Waals surface area contributed by atoms with Crippen molar-refractivity contribution in [2.24, 2.45) is 4.99 Å². The number of hydrogen-bond acceptors (Lipinski definition) is 4. The molecule has 0 aliphatic carbocycles. The lowest BCUT2D eigenvalue weighted by atomic mass is 10.2. The van der Waals surface area contributed by atoms with Gasteiger partial charge in [0.2, 0.25) is 10.0 Å². The summed E-state index contributed by atoms with van der Waals surface area (Å²) in [4.78, 5) is 4.44. The molecule has 2 N–H and O–H groups in total. The number of ether oxygens (including phenoxy) is 1. The zero-order valence-electron chi connectivity index (χ0n) is 14.9. The van der Waals surface area contributed by atoms with E-state index in [2.05, 4.69) is 15.6 Å². The van der Waals surface area contributed by atoms with Crippen LogP contribution in [0.1, 0.15) is 18.9 Å². The summed E-state index contributed by atoms with van der Waals surface area (Å²) < 4.78 is 30.5. The molecular formula is C16H28N4O3S. The Morgan fingerprint density at radius 2 is 1.88 bits per heavy atom. The van der Waals surface area contributed by atoms with Crippen molar-refractivity contribution < 1.29 is 13.2 Å². The molecule has 0 atom stereocenters. The molecule has 7 nitrogen and oxygen atoms in total. The van der Waals surface area contributed by atoms with Crippen LogP contribution >= 0.6 is 0 Å². The third kappa shape index (κ3) is 6.46. The zero-order chi connectivity index (χ0) is 18.0. The van der Waals surface area contributed by atoms with E-state index >= 15 is 0 Å². The van der Waals surface area contributed by atoms with E-state index in [1.807, 2.05) is 6.92 Å². The Balaban J connectivity index is 2.49. The van der Waals surface area contributed by atoms with Crippen molar-refractivity contribution in [3.05, 3.63) is 29.8 Å². The van der Waals surface area contributed by atoms with Gasteiger partial charge in [0.15, 0.2) is 5.96 Å². The minimum Gasteiger partial charge on any atom is -0.382 e. The lowest BCUT2D eigenvalue weighted by Crippen LogP contribution is -2.37. The smallest absolute Gasteiger partial charge is 0.242 e. The van der Waals surface area contributed by atoms with E-state index in [1.54, 1.807) is 31.3 Å². The highest BCUT2D eigenvalue weighted by atomic mass is 32.2. The number of rotatable bonds is 9. The Labute approximate surface area is 145 Å². The van der Waals surface area contributed by atoms with Crippen LogP contribution in [0.2, 0.25) is 0 Å². The minimum atomic E-state index is -3.38. The first kappa shape index (κ1) is 20.4. The molecule has 0 heterocycles. The van der Waals surface area contributed by atoms with Crippen LogP contribution in [0.15, 0.2) is 34.2 Å². The van der Waals surface area contributed by atoms with E-state index in [9.17, 15) is 8.42 Å². The molecule has 0 amide bonds. The van der Waals surface area contributed by atoms with Crippen LogP contribution in [0.5, 0.6) is 0 Å². The molecule has 0 aromatic heterocycles. The fourth-order valence-corrected chi connectivity index (χ4v) is 2.82. The number of benzene rings is 1. The van der Waals surface area contributed by atoms with Gasteiger partial charge in [-0.2, -0.15) is 0 Å². The van der Waals surface area contributed by atoms with E-state index in [4.69, 9.17) is 4.74 Å². The molecule has 24 heavy (non-hydrogen) atoms. The molecule has 0 saturated heterocycles. The van der Waals surface area contributed by atoms with Crippen molar-refractivity contribution in [3.8, 4) is 0 Å². The van der Waals surface area contributed by atoms with E-state index in [0.717, 1.165) is 31.7 Å². The van der Waals surface area contributed by atoms with Gasteiger partial charge in [-0.3, -0.25) is 4.99 Å². The normalized spacial score (nSPS) is 12.5. The summed E-state index contributed by atoms with van der Waals surface area (Å²) in [6.45, 7) is 4.77. The SMILES string of the molecule is CCOCCCNC(=NC)NCc1ccc(S(=O)(=O)N(C)C)cc1. The van der Waals surface area contributed by atoms with Crippen LogP contribution in [0, 0.1) is 0 Å². The molecule has 0 saturated carbocycles. The number of hydrogen-bond donors (Lipinski definition) is 2. The van der Waals surface area contributed by atoms with E-state index < -0.39 is 10.0 Å². The van der Waals surface area contributed by atoms with Gasteiger partial charge in [-0.25, -0.2) is 12.7 Å². The van der Waals surface area contributed by atoms with Gasteiger partial charge in [-0.05, 0) is 31.0 Å². The highest BCUT2D eigenvalue weighted by molar-refractivity contribution is 7.89. The number of sulfonamides is 1. The zero-order valence-corrected chi connectivity index (χ0v) is 15.7. The van der Waals surface area contributed by atoms with Crippen LogP contribution in [0.25, 0.3) is 0 Å². The average molecular weight is 356 g/mol. The quantitative estimate of drug-likeness (QED) is 0.392. The predicted molar refractivity (Wildman–Crippen MR) is 96.6 cm³/mol. The number of nitrogens with one attached hydrogen (secondary N) is 2. The summed E-state index contributed by atoms with van der Waals surface area (Å²) in [5.74, 6) is 0.705. The first-order valence-electron chi connectivity index (χ1n) is 7.95. The van der Waals surface area contributed by atoms with Gasteiger partial charge < -0.3 is 15.4 Å². The van der Waals surface area contributed by atoms with Gasteiger partial charge in [-0.1, -0.05) is 12.1 Å². The largest absolute Gasteiger partial charge is 0.382 e. The first-order valence-corrected chi connectivity index (χ1v) is 9.39. The third-order valence-electron chi connectivity index (χ3n) is 3.35. The number of guanidine groups is 1. The fraction of sp³-hybridized carbons (Fsp3) is 0.562. The second kappa shape index (κ2) is 10.3. The summed E-state index contributed by atoms with van der Waals surface area (Å²) in [6, 6.07) is 6.83. The third-order valence-corrected chi connectivity index (χ3v) is 5.18. The van der Waals surface area contributed by atoms with Crippen molar-refractivity contribution in [3.63, 3.8) is 0 Å². The van der Waals surface area contributed by atoms with Crippen LogP contribution in [0.3, 0.4) is 0 Å². The monoisotopic (exact) mass is 356 g/mol. The van der Waals surface area contributed by atoms with Crippen molar-refractivity contribution in [2.45, 2.75) is 24.8 Å². The second-order valence-corrected chi connectivity index (χ2v) is 7.49. The molecule has 8 heteroatoms. The average Bonchev–Trinajstić information content (AvgIpc) is 2.57. The lowest BCUT2D eigenvalue weighted by Gasteiger charge is -2.13. The Morgan fingerprint density at radius 1 is 1.21 bits per heavy atom. The van der Waals surface area contributed by atoms with Gasteiger partial charge >= 0.3 is 0 Å². The topological polar surface area (TPSA) is 83.0 Å². The highest BCUT2D eigenvalue weighted by Gasteiger charge is 2.16. The molecular weight excluding hydrogens is 328 g/mol. The van der Waals surface area contributed by atoms with Gasteiger partial charge in [0, 0.05) is 47.4 Å². The summed E-state index contributed by atoms with van der Waals surface area (Å²) in [5.41, 5.74) is 0.977. The molecule has 0 aliphatic heterocycles. The summed E-state index contributed by atoms with van der Waals surface area (Å²) in [7, 11) is 1.37. The molecule has 1 rings (SSSR count). The summed E-state index contributed by atoms with van der Waals surface area (Å²) >= 11 is 0. The molecule has 0 unspecified atom stereocenters. The Kier molecular flexibility index (Phi) is 8.73. The van der Waals surface area contributed by atoms with E-state index in [-0.39, 0.29) is 4.90 Å². The van der Waals surface area contributed by atoms with Crippen LogP contribution in [0.4, 0.5) is 0 Å². The molecule has 0 bridgehead atoms. The van der Waals surface area contributed by atoms with Gasteiger partial charge in [-0.15, -0.1) is 0 Å².